The summed E-state index contributed by atoms with van der Waals surface area (Å²) in [6.45, 7) is 3.50. The van der Waals surface area contributed by atoms with E-state index in [0.717, 1.165) is 42.5 Å². The number of carbonyl (C=O) groups is 1. The zero-order chi connectivity index (χ0) is 22.4. The summed E-state index contributed by atoms with van der Waals surface area (Å²) in [7, 11) is 0. The lowest BCUT2D eigenvalue weighted by Crippen LogP contribution is -2.45. The van der Waals surface area contributed by atoms with Gasteiger partial charge < -0.3 is 14.9 Å². The molecule has 0 spiro atoms. The Balaban J connectivity index is 1.42. The molecule has 0 radical (unpaired) electrons. The van der Waals surface area contributed by atoms with Crippen LogP contribution in [0.3, 0.4) is 0 Å². The van der Waals surface area contributed by atoms with Crippen molar-refractivity contribution in [3.8, 4) is 0 Å². The van der Waals surface area contributed by atoms with Gasteiger partial charge in [0, 0.05) is 58.3 Å². The molecule has 5 aromatic rings. The van der Waals surface area contributed by atoms with E-state index < -0.39 is 0 Å². The first-order valence-corrected chi connectivity index (χ1v) is 11.6. The van der Waals surface area contributed by atoms with Crippen molar-refractivity contribution in [1.29, 1.82) is 0 Å². The number of aryl methyl sites for hydroxylation is 1. The lowest BCUT2D eigenvalue weighted by Gasteiger charge is -2.42. The molecular weight excluding hydrogens is 406 g/mol. The Morgan fingerprint density at radius 3 is 1.82 bits per heavy atom. The van der Waals surface area contributed by atoms with Gasteiger partial charge in [-0.15, -0.1) is 0 Å². The lowest BCUT2D eigenvalue weighted by atomic mass is 9.68. The molecule has 0 aliphatic carbocycles. The number of benzene rings is 3. The Morgan fingerprint density at radius 1 is 0.758 bits per heavy atom. The van der Waals surface area contributed by atoms with E-state index in [1.54, 1.807) is 0 Å². The van der Waals surface area contributed by atoms with Gasteiger partial charge in [0.2, 0.25) is 0 Å². The Kier molecular flexibility index (Phi) is 4.61. The van der Waals surface area contributed by atoms with Gasteiger partial charge in [-0.3, -0.25) is 4.79 Å². The molecule has 33 heavy (non-hydrogen) atoms. The molecule has 3 aromatic carbocycles. The van der Waals surface area contributed by atoms with Gasteiger partial charge in [0.05, 0.1) is 0 Å². The molecule has 4 heteroatoms. The zero-order valence-corrected chi connectivity index (χ0v) is 18.8. The van der Waals surface area contributed by atoms with Crippen LogP contribution >= 0.6 is 0 Å². The summed E-state index contributed by atoms with van der Waals surface area (Å²) in [5.74, 6) is 0.126. The maximum absolute atomic E-state index is 13.2. The van der Waals surface area contributed by atoms with Crippen molar-refractivity contribution < 1.29 is 4.79 Å². The minimum Gasteiger partial charge on any atom is -0.361 e. The third kappa shape index (κ3) is 3.17. The van der Waals surface area contributed by atoms with E-state index in [-0.39, 0.29) is 11.3 Å². The summed E-state index contributed by atoms with van der Waals surface area (Å²) < 4.78 is 0. The smallest absolute Gasteiger partial charge is 0.253 e. The highest BCUT2D eigenvalue weighted by atomic mass is 16.2. The monoisotopic (exact) mass is 433 g/mol. The van der Waals surface area contributed by atoms with E-state index in [2.05, 4.69) is 70.9 Å². The molecule has 1 amide bonds. The predicted octanol–water partition coefficient (Wildman–Crippen LogP) is 6.18. The van der Waals surface area contributed by atoms with Crippen LogP contribution < -0.4 is 0 Å². The molecule has 1 aliphatic rings. The summed E-state index contributed by atoms with van der Waals surface area (Å²) in [6, 6.07) is 25.0. The molecule has 4 nitrogen and oxygen atoms in total. The molecule has 164 valence electrons. The van der Waals surface area contributed by atoms with E-state index in [0.29, 0.717) is 0 Å². The highest BCUT2D eigenvalue weighted by molar-refractivity contribution is 5.94. The Bertz CT molecular complexity index is 1370. The number of rotatable bonds is 3. The van der Waals surface area contributed by atoms with Gasteiger partial charge >= 0.3 is 0 Å². The summed E-state index contributed by atoms with van der Waals surface area (Å²) in [6.07, 6.45) is 6.14. The van der Waals surface area contributed by atoms with Gasteiger partial charge in [-0.25, -0.2) is 0 Å². The molecule has 3 heterocycles. The molecule has 2 N–H and O–H groups in total. The number of hydrogen-bond acceptors (Lipinski definition) is 1. The number of amides is 1. The fourth-order valence-electron chi connectivity index (χ4n) is 5.59. The fourth-order valence-corrected chi connectivity index (χ4v) is 5.59. The predicted molar refractivity (Wildman–Crippen MR) is 134 cm³/mol. The third-order valence-corrected chi connectivity index (χ3v) is 7.41. The van der Waals surface area contributed by atoms with Crippen LogP contribution in [0.25, 0.3) is 21.8 Å². The number of H-pyrrole nitrogens is 2. The van der Waals surface area contributed by atoms with Crippen LogP contribution in [-0.2, 0) is 5.41 Å². The number of para-hydroxylation sites is 2. The zero-order valence-electron chi connectivity index (χ0n) is 18.8. The van der Waals surface area contributed by atoms with Gasteiger partial charge in [0.1, 0.15) is 0 Å². The lowest BCUT2D eigenvalue weighted by molar-refractivity contribution is 0.0687. The summed E-state index contributed by atoms with van der Waals surface area (Å²) in [4.78, 5) is 22.2. The first-order valence-electron chi connectivity index (χ1n) is 11.6. The first kappa shape index (κ1) is 19.9. The highest BCUT2D eigenvalue weighted by Crippen LogP contribution is 2.47. The van der Waals surface area contributed by atoms with Crippen molar-refractivity contribution in [1.82, 2.24) is 14.9 Å². The van der Waals surface area contributed by atoms with Crippen LogP contribution in [0.2, 0.25) is 0 Å². The molecule has 1 fully saturated rings. The Hall–Kier alpha value is -3.79. The SMILES string of the molecule is Cc1ccc(C(=O)N2CCC(c3c[nH]c4ccccc34)(c3c[nH]c4ccccc34)CC2)cc1. The minimum absolute atomic E-state index is 0.126. The van der Waals surface area contributed by atoms with Gasteiger partial charge in [-0.1, -0.05) is 54.1 Å². The number of aromatic amines is 2. The van der Waals surface area contributed by atoms with Crippen molar-refractivity contribution in [2.24, 2.45) is 0 Å². The molecule has 6 rings (SSSR count). The van der Waals surface area contributed by atoms with Gasteiger partial charge in [0.15, 0.2) is 0 Å². The number of carbonyl (C=O) groups excluding carboxylic acids is 1. The second kappa shape index (κ2) is 7.66. The van der Waals surface area contributed by atoms with Crippen molar-refractivity contribution in [3.05, 3.63) is 107 Å². The molecule has 1 aliphatic heterocycles. The molecule has 0 unspecified atom stereocenters. The number of fused-ring (bicyclic) bond motifs is 2. The first-order chi connectivity index (χ1) is 16.2. The molecule has 0 saturated carbocycles. The van der Waals surface area contributed by atoms with Gasteiger partial charge in [-0.05, 0) is 55.2 Å². The van der Waals surface area contributed by atoms with Crippen LogP contribution in [0, 0.1) is 6.92 Å². The Labute approximate surface area is 193 Å². The number of piperidine rings is 1. The third-order valence-electron chi connectivity index (χ3n) is 7.41. The van der Waals surface area contributed by atoms with Crippen molar-refractivity contribution in [2.75, 3.05) is 13.1 Å². The van der Waals surface area contributed by atoms with Gasteiger partial charge in [-0.2, -0.15) is 0 Å². The number of hydrogen-bond donors (Lipinski definition) is 2. The highest BCUT2D eigenvalue weighted by Gasteiger charge is 2.42. The number of nitrogens with one attached hydrogen (secondary N) is 2. The largest absolute Gasteiger partial charge is 0.361 e. The number of aromatic nitrogens is 2. The fraction of sp³-hybridized carbons (Fsp3) is 0.207. The molecular formula is C29H27N3O. The quantitative estimate of drug-likeness (QED) is 0.351. The minimum atomic E-state index is -0.163. The van der Waals surface area contributed by atoms with E-state index in [9.17, 15) is 4.79 Å². The van der Waals surface area contributed by atoms with E-state index >= 15 is 0 Å². The van der Waals surface area contributed by atoms with E-state index in [1.807, 2.05) is 36.1 Å². The summed E-state index contributed by atoms with van der Waals surface area (Å²) in [5.41, 5.74) is 6.74. The van der Waals surface area contributed by atoms with Crippen molar-refractivity contribution in [2.45, 2.75) is 25.2 Å². The average molecular weight is 434 g/mol. The normalized spacial score (nSPS) is 15.8. The van der Waals surface area contributed by atoms with E-state index in [1.165, 1.54) is 27.5 Å². The maximum Gasteiger partial charge on any atom is 0.253 e. The molecule has 1 saturated heterocycles. The van der Waals surface area contributed by atoms with Crippen LogP contribution in [0.4, 0.5) is 0 Å². The van der Waals surface area contributed by atoms with Crippen molar-refractivity contribution >= 4 is 27.7 Å². The number of nitrogens with zero attached hydrogens (tertiary/aromatic N) is 1. The topological polar surface area (TPSA) is 51.9 Å². The second-order valence-electron chi connectivity index (χ2n) is 9.24. The summed E-state index contributed by atoms with van der Waals surface area (Å²) >= 11 is 0. The second-order valence-corrected chi connectivity index (χ2v) is 9.24. The number of likely N-dealkylation sites (tertiary alicyclic amines) is 1. The van der Waals surface area contributed by atoms with E-state index in [4.69, 9.17) is 0 Å². The molecule has 0 atom stereocenters. The Morgan fingerprint density at radius 2 is 1.27 bits per heavy atom. The van der Waals surface area contributed by atoms with Crippen molar-refractivity contribution in [3.63, 3.8) is 0 Å². The van der Waals surface area contributed by atoms with Crippen LogP contribution in [0.15, 0.2) is 85.2 Å². The van der Waals surface area contributed by atoms with Crippen LogP contribution in [0.5, 0.6) is 0 Å². The molecule has 2 aromatic heterocycles. The average Bonchev–Trinajstić information content (AvgIpc) is 3.49. The summed E-state index contributed by atoms with van der Waals surface area (Å²) in [5, 5.41) is 2.53. The maximum atomic E-state index is 13.2. The standard InChI is InChI=1S/C29H27N3O/c1-20-10-12-21(13-11-20)28(33)32-16-14-29(15-17-32,24-18-30-26-8-4-2-6-22(24)26)25-19-31-27-9-5-3-7-23(25)27/h2-13,18-19,30-31H,14-17H2,1H3. The molecule has 0 bridgehead atoms. The van der Waals surface area contributed by atoms with Crippen LogP contribution in [-0.4, -0.2) is 33.9 Å². The van der Waals surface area contributed by atoms with Crippen LogP contribution in [0.1, 0.15) is 39.9 Å². The van der Waals surface area contributed by atoms with Gasteiger partial charge in [0.25, 0.3) is 5.91 Å².